The molecule has 0 unspecified atom stereocenters. The standard InChI is InChI=1S/C17H20N4O3/c1-23-13-5-6-15(24-2)14(12-13)17(22)21-10-8-20(9-11-21)16-4-3-7-18-19-16/h3-7,12H,8-11H2,1-2H3. The number of amides is 1. The number of hydrogen-bond acceptors (Lipinski definition) is 6. The molecule has 0 N–H and O–H groups in total. The van der Waals surface area contributed by atoms with Gasteiger partial charge in [0.15, 0.2) is 5.82 Å². The Morgan fingerprint density at radius 1 is 1.08 bits per heavy atom. The summed E-state index contributed by atoms with van der Waals surface area (Å²) in [6.45, 7) is 2.68. The summed E-state index contributed by atoms with van der Waals surface area (Å²) in [6, 6.07) is 9.04. The molecule has 1 aliphatic rings. The van der Waals surface area contributed by atoms with Crippen LogP contribution in [-0.4, -0.2) is 61.4 Å². The second kappa shape index (κ2) is 7.16. The quantitative estimate of drug-likeness (QED) is 0.846. The van der Waals surface area contributed by atoms with Crippen LogP contribution in [-0.2, 0) is 0 Å². The lowest BCUT2D eigenvalue weighted by molar-refractivity contribution is 0.0742. The van der Waals surface area contributed by atoms with E-state index in [0.717, 1.165) is 18.9 Å². The van der Waals surface area contributed by atoms with Gasteiger partial charge in [0.05, 0.1) is 19.8 Å². The fraction of sp³-hybridized carbons (Fsp3) is 0.353. The average molecular weight is 328 g/mol. The maximum absolute atomic E-state index is 12.8. The summed E-state index contributed by atoms with van der Waals surface area (Å²) in [7, 11) is 3.14. The van der Waals surface area contributed by atoms with Crippen LogP contribution in [0.5, 0.6) is 11.5 Å². The SMILES string of the molecule is COc1ccc(OC)c(C(=O)N2CCN(c3cccnn3)CC2)c1. The Morgan fingerprint density at radius 3 is 2.50 bits per heavy atom. The van der Waals surface area contributed by atoms with Gasteiger partial charge in [-0.1, -0.05) is 0 Å². The predicted octanol–water partition coefficient (Wildman–Crippen LogP) is 1.46. The molecule has 0 bridgehead atoms. The van der Waals surface area contributed by atoms with Crippen molar-refractivity contribution >= 4 is 11.7 Å². The Hall–Kier alpha value is -2.83. The van der Waals surface area contributed by atoms with Gasteiger partial charge < -0.3 is 19.3 Å². The average Bonchev–Trinajstić information content (AvgIpc) is 2.67. The number of ether oxygens (including phenoxy) is 2. The molecule has 7 heteroatoms. The highest BCUT2D eigenvalue weighted by molar-refractivity contribution is 5.97. The van der Waals surface area contributed by atoms with Crippen LogP contribution in [0.25, 0.3) is 0 Å². The molecule has 126 valence electrons. The van der Waals surface area contributed by atoms with Crippen LogP contribution in [0.2, 0.25) is 0 Å². The van der Waals surface area contributed by atoms with Gasteiger partial charge in [-0.05, 0) is 30.3 Å². The van der Waals surface area contributed by atoms with Gasteiger partial charge in [-0.25, -0.2) is 0 Å². The van der Waals surface area contributed by atoms with Crippen molar-refractivity contribution in [2.45, 2.75) is 0 Å². The third-order valence-corrected chi connectivity index (χ3v) is 4.09. The first-order valence-electron chi connectivity index (χ1n) is 7.77. The van der Waals surface area contributed by atoms with Gasteiger partial charge in [0.1, 0.15) is 11.5 Å². The summed E-state index contributed by atoms with van der Waals surface area (Å²) in [5, 5.41) is 8.02. The van der Waals surface area contributed by atoms with E-state index in [-0.39, 0.29) is 5.91 Å². The van der Waals surface area contributed by atoms with Crippen LogP contribution in [0.1, 0.15) is 10.4 Å². The maximum atomic E-state index is 12.8. The maximum Gasteiger partial charge on any atom is 0.257 e. The highest BCUT2D eigenvalue weighted by Crippen LogP contribution is 2.26. The molecular formula is C17H20N4O3. The molecule has 3 rings (SSSR count). The number of methoxy groups -OCH3 is 2. The van der Waals surface area contributed by atoms with Crippen molar-refractivity contribution in [2.24, 2.45) is 0 Å². The second-order valence-electron chi connectivity index (χ2n) is 5.43. The summed E-state index contributed by atoms with van der Waals surface area (Å²) >= 11 is 0. The Labute approximate surface area is 140 Å². The topological polar surface area (TPSA) is 67.8 Å². The van der Waals surface area contributed by atoms with Gasteiger partial charge >= 0.3 is 0 Å². The molecule has 1 aromatic carbocycles. The third kappa shape index (κ3) is 3.24. The Balaban J connectivity index is 1.71. The van der Waals surface area contributed by atoms with E-state index in [1.807, 2.05) is 17.0 Å². The number of carbonyl (C=O) groups is 1. The van der Waals surface area contributed by atoms with E-state index in [9.17, 15) is 4.79 Å². The van der Waals surface area contributed by atoms with Crippen LogP contribution >= 0.6 is 0 Å². The van der Waals surface area contributed by atoms with E-state index in [4.69, 9.17) is 9.47 Å². The number of benzene rings is 1. The van der Waals surface area contributed by atoms with Gasteiger partial charge in [-0.3, -0.25) is 4.79 Å². The molecule has 1 fully saturated rings. The molecule has 0 atom stereocenters. The first kappa shape index (κ1) is 16.0. The predicted molar refractivity (Wildman–Crippen MR) is 89.7 cm³/mol. The summed E-state index contributed by atoms with van der Waals surface area (Å²) in [5.74, 6) is 1.97. The Bertz CT molecular complexity index is 700. The molecule has 1 amide bonds. The largest absolute Gasteiger partial charge is 0.497 e. The number of hydrogen-bond donors (Lipinski definition) is 0. The van der Waals surface area contributed by atoms with Crippen LogP contribution in [0.3, 0.4) is 0 Å². The van der Waals surface area contributed by atoms with E-state index in [1.165, 1.54) is 0 Å². The lowest BCUT2D eigenvalue weighted by atomic mass is 10.1. The summed E-state index contributed by atoms with van der Waals surface area (Å²) < 4.78 is 10.5. The molecule has 24 heavy (non-hydrogen) atoms. The van der Waals surface area contributed by atoms with E-state index >= 15 is 0 Å². The fourth-order valence-electron chi connectivity index (χ4n) is 2.75. The number of rotatable bonds is 4. The van der Waals surface area contributed by atoms with E-state index in [2.05, 4.69) is 15.1 Å². The molecule has 0 spiro atoms. The van der Waals surface area contributed by atoms with Gasteiger partial charge in [0.2, 0.25) is 0 Å². The van der Waals surface area contributed by atoms with Gasteiger partial charge in [-0.2, -0.15) is 5.10 Å². The minimum absolute atomic E-state index is 0.0513. The lowest BCUT2D eigenvalue weighted by Gasteiger charge is -2.35. The van der Waals surface area contributed by atoms with Crippen LogP contribution in [0.4, 0.5) is 5.82 Å². The smallest absolute Gasteiger partial charge is 0.257 e. The van der Waals surface area contributed by atoms with Crippen LogP contribution < -0.4 is 14.4 Å². The summed E-state index contributed by atoms with van der Waals surface area (Å²) in [6.07, 6.45) is 1.65. The number of aromatic nitrogens is 2. The molecule has 1 saturated heterocycles. The minimum atomic E-state index is -0.0513. The highest BCUT2D eigenvalue weighted by Gasteiger charge is 2.25. The van der Waals surface area contributed by atoms with Crippen molar-refractivity contribution in [2.75, 3.05) is 45.3 Å². The number of anilines is 1. The Kier molecular flexibility index (Phi) is 4.79. The third-order valence-electron chi connectivity index (χ3n) is 4.09. The molecule has 7 nitrogen and oxygen atoms in total. The van der Waals surface area contributed by atoms with Crippen molar-refractivity contribution < 1.29 is 14.3 Å². The molecule has 0 saturated carbocycles. The fourth-order valence-corrected chi connectivity index (χ4v) is 2.75. The van der Waals surface area contributed by atoms with Gasteiger partial charge in [-0.15, -0.1) is 5.10 Å². The summed E-state index contributed by atoms with van der Waals surface area (Å²) in [5.41, 5.74) is 0.518. The van der Waals surface area contributed by atoms with Crippen molar-refractivity contribution in [3.63, 3.8) is 0 Å². The normalized spacial score (nSPS) is 14.4. The number of carbonyl (C=O) groups excluding carboxylic acids is 1. The molecular weight excluding hydrogens is 308 g/mol. The first-order chi connectivity index (χ1) is 11.7. The summed E-state index contributed by atoms with van der Waals surface area (Å²) in [4.78, 5) is 16.8. The molecule has 1 aliphatic heterocycles. The molecule has 2 aromatic rings. The van der Waals surface area contributed by atoms with Crippen molar-refractivity contribution in [3.8, 4) is 11.5 Å². The molecule has 0 aliphatic carbocycles. The van der Waals surface area contributed by atoms with Crippen molar-refractivity contribution in [1.29, 1.82) is 0 Å². The Morgan fingerprint density at radius 2 is 1.88 bits per heavy atom. The highest BCUT2D eigenvalue weighted by atomic mass is 16.5. The molecule has 2 heterocycles. The monoisotopic (exact) mass is 328 g/mol. The number of nitrogens with zero attached hydrogens (tertiary/aromatic N) is 4. The first-order valence-corrected chi connectivity index (χ1v) is 7.77. The lowest BCUT2D eigenvalue weighted by Crippen LogP contribution is -2.49. The van der Waals surface area contributed by atoms with E-state index in [0.29, 0.717) is 30.2 Å². The minimum Gasteiger partial charge on any atom is -0.497 e. The van der Waals surface area contributed by atoms with E-state index in [1.54, 1.807) is 38.6 Å². The molecule has 0 radical (unpaired) electrons. The second-order valence-corrected chi connectivity index (χ2v) is 5.43. The zero-order valence-corrected chi connectivity index (χ0v) is 13.8. The number of piperazine rings is 1. The van der Waals surface area contributed by atoms with Gasteiger partial charge in [0.25, 0.3) is 5.91 Å². The zero-order valence-electron chi connectivity index (χ0n) is 13.8. The zero-order chi connectivity index (χ0) is 16.9. The van der Waals surface area contributed by atoms with Gasteiger partial charge in [0, 0.05) is 32.4 Å². The van der Waals surface area contributed by atoms with Crippen LogP contribution in [0.15, 0.2) is 36.5 Å². The van der Waals surface area contributed by atoms with E-state index < -0.39 is 0 Å². The van der Waals surface area contributed by atoms with Crippen LogP contribution in [0, 0.1) is 0 Å². The van der Waals surface area contributed by atoms with Crippen molar-refractivity contribution in [1.82, 2.24) is 15.1 Å². The molecule has 1 aromatic heterocycles. The van der Waals surface area contributed by atoms with Crippen molar-refractivity contribution in [3.05, 3.63) is 42.1 Å².